The molecule has 1 amide bonds. The van der Waals surface area contributed by atoms with Crippen molar-refractivity contribution in [3.05, 3.63) is 28.8 Å². The maximum Gasteiger partial charge on any atom is 0.410 e. The monoisotopic (exact) mass is 310 g/mol. The summed E-state index contributed by atoms with van der Waals surface area (Å²) in [6, 6.07) is 5.90. The third kappa shape index (κ3) is 4.53. The van der Waals surface area contributed by atoms with E-state index < -0.39 is 5.60 Å². The zero-order chi connectivity index (χ0) is 15.6. The molecule has 1 aromatic rings. The first-order chi connectivity index (χ1) is 9.74. The molecule has 1 saturated heterocycles. The first-order valence-electron chi connectivity index (χ1n) is 7.22. The van der Waals surface area contributed by atoms with Crippen molar-refractivity contribution in [3.63, 3.8) is 0 Å². The number of halogens is 1. The molecule has 1 heterocycles. The van der Waals surface area contributed by atoms with Gasteiger partial charge >= 0.3 is 6.09 Å². The summed E-state index contributed by atoms with van der Waals surface area (Å²) < 4.78 is 5.33. The number of benzene rings is 1. The topological polar surface area (TPSA) is 41.6 Å². The predicted molar refractivity (Wildman–Crippen MR) is 86.0 cm³/mol. The first-order valence-corrected chi connectivity index (χ1v) is 7.60. The summed E-state index contributed by atoms with van der Waals surface area (Å²) in [6.07, 6.45) is -0.221. The average molecular weight is 311 g/mol. The molecule has 0 aliphatic carbocycles. The normalized spacial score (nSPS) is 15.6. The molecule has 0 atom stereocenters. The molecule has 0 saturated carbocycles. The van der Waals surface area contributed by atoms with Crippen LogP contribution in [0, 0.1) is 12.8 Å². The van der Waals surface area contributed by atoms with Crippen LogP contribution >= 0.6 is 11.6 Å². The minimum Gasteiger partial charge on any atom is -0.444 e. The van der Waals surface area contributed by atoms with Crippen LogP contribution in [-0.2, 0) is 4.74 Å². The second-order valence-corrected chi connectivity index (χ2v) is 7.00. The van der Waals surface area contributed by atoms with Crippen molar-refractivity contribution < 1.29 is 9.53 Å². The second kappa shape index (κ2) is 6.14. The van der Waals surface area contributed by atoms with E-state index in [9.17, 15) is 4.79 Å². The summed E-state index contributed by atoms with van der Waals surface area (Å²) in [7, 11) is 0. The predicted octanol–water partition coefficient (Wildman–Crippen LogP) is 3.93. The molecule has 116 valence electrons. The number of hydrogen-bond acceptors (Lipinski definition) is 3. The summed E-state index contributed by atoms with van der Waals surface area (Å²) in [5.41, 5.74) is 1.69. The molecular weight excluding hydrogens is 288 g/mol. The maximum absolute atomic E-state index is 11.8. The number of likely N-dealkylation sites (tertiary alicyclic amines) is 1. The van der Waals surface area contributed by atoms with Crippen molar-refractivity contribution in [2.75, 3.05) is 25.0 Å². The number of carbonyl (C=O) groups is 1. The van der Waals surface area contributed by atoms with Crippen LogP contribution in [0.3, 0.4) is 0 Å². The summed E-state index contributed by atoms with van der Waals surface area (Å²) in [4.78, 5) is 13.6. The minimum atomic E-state index is -0.429. The first kappa shape index (κ1) is 16.0. The molecule has 5 heteroatoms. The zero-order valence-corrected chi connectivity index (χ0v) is 13.8. The number of nitrogens with zero attached hydrogens (tertiary/aromatic N) is 1. The quantitative estimate of drug-likeness (QED) is 0.919. The van der Waals surface area contributed by atoms with E-state index in [1.165, 1.54) is 0 Å². The molecule has 2 rings (SSSR count). The number of anilines is 1. The van der Waals surface area contributed by atoms with Gasteiger partial charge in [0, 0.05) is 36.3 Å². The Morgan fingerprint density at radius 3 is 2.67 bits per heavy atom. The second-order valence-electron chi connectivity index (χ2n) is 6.60. The van der Waals surface area contributed by atoms with Gasteiger partial charge in [-0.05, 0) is 51.5 Å². The Kier molecular flexibility index (Phi) is 4.67. The molecule has 0 radical (unpaired) electrons. The summed E-state index contributed by atoms with van der Waals surface area (Å²) in [5.74, 6) is 0.466. The molecule has 0 spiro atoms. The number of amides is 1. The van der Waals surface area contributed by atoms with Crippen LogP contribution in [0.5, 0.6) is 0 Å². The molecule has 0 unspecified atom stereocenters. The highest BCUT2D eigenvalue weighted by atomic mass is 35.5. The van der Waals surface area contributed by atoms with Crippen LogP contribution < -0.4 is 5.32 Å². The van der Waals surface area contributed by atoms with Gasteiger partial charge in [0.25, 0.3) is 0 Å². The summed E-state index contributed by atoms with van der Waals surface area (Å²) >= 11 is 6.00. The van der Waals surface area contributed by atoms with E-state index in [0.29, 0.717) is 5.92 Å². The Hall–Kier alpha value is -1.42. The fourth-order valence-corrected chi connectivity index (χ4v) is 2.31. The lowest BCUT2D eigenvalue weighted by molar-refractivity contribution is 0.000848. The highest BCUT2D eigenvalue weighted by Crippen LogP contribution is 2.22. The van der Waals surface area contributed by atoms with Gasteiger partial charge < -0.3 is 15.0 Å². The number of rotatable bonds is 3. The van der Waals surface area contributed by atoms with Crippen LogP contribution in [-0.4, -0.2) is 36.2 Å². The largest absolute Gasteiger partial charge is 0.444 e. The molecule has 1 aliphatic rings. The van der Waals surface area contributed by atoms with E-state index in [-0.39, 0.29) is 6.09 Å². The smallest absolute Gasteiger partial charge is 0.410 e. The van der Waals surface area contributed by atoms with E-state index in [2.05, 4.69) is 5.32 Å². The number of aryl methyl sites for hydroxylation is 1. The van der Waals surface area contributed by atoms with Crippen molar-refractivity contribution in [2.45, 2.75) is 33.3 Å². The highest BCUT2D eigenvalue weighted by molar-refractivity contribution is 6.31. The molecule has 4 nitrogen and oxygen atoms in total. The SMILES string of the molecule is Cc1cc(NCC2CN(C(=O)OC(C)(C)C)C2)ccc1Cl. The van der Waals surface area contributed by atoms with Crippen LogP contribution in [0.4, 0.5) is 10.5 Å². The van der Waals surface area contributed by atoms with Crippen molar-refractivity contribution in [1.82, 2.24) is 4.90 Å². The third-order valence-corrected chi connectivity index (χ3v) is 3.79. The molecular formula is C16H23ClN2O2. The Labute approximate surface area is 131 Å². The third-order valence-electron chi connectivity index (χ3n) is 3.36. The Morgan fingerprint density at radius 2 is 2.10 bits per heavy atom. The van der Waals surface area contributed by atoms with Gasteiger partial charge in [0.1, 0.15) is 5.60 Å². The van der Waals surface area contributed by atoms with Crippen LogP contribution in [0.1, 0.15) is 26.3 Å². The van der Waals surface area contributed by atoms with Gasteiger partial charge in [-0.25, -0.2) is 4.79 Å². The molecule has 1 aliphatic heterocycles. The number of hydrogen-bond donors (Lipinski definition) is 1. The summed E-state index contributed by atoms with van der Waals surface area (Å²) in [5, 5.41) is 4.16. The van der Waals surface area contributed by atoms with Gasteiger partial charge in [-0.3, -0.25) is 0 Å². The molecule has 0 bridgehead atoms. The van der Waals surface area contributed by atoms with E-state index in [0.717, 1.165) is 35.9 Å². The van der Waals surface area contributed by atoms with Gasteiger partial charge in [0.15, 0.2) is 0 Å². The van der Waals surface area contributed by atoms with Crippen molar-refractivity contribution >= 4 is 23.4 Å². The lowest BCUT2D eigenvalue weighted by Gasteiger charge is -2.40. The standard InChI is InChI=1S/C16H23ClN2O2/c1-11-7-13(5-6-14(11)17)18-8-12-9-19(10-12)15(20)21-16(2,3)4/h5-7,12,18H,8-10H2,1-4H3. The van der Waals surface area contributed by atoms with E-state index in [4.69, 9.17) is 16.3 Å². The number of nitrogens with one attached hydrogen (secondary N) is 1. The maximum atomic E-state index is 11.8. The Bertz CT molecular complexity index is 519. The summed E-state index contributed by atoms with van der Waals surface area (Å²) in [6.45, 7) is 9.97. The van der Waals surface area contributed by atoms with Gasteiger partial charge in [-0.1, -0.05) is 11.6 Å². The van der Waals surface area contributed by atoms with Gasteiger partial charge in [-0.15, -0.1) is 0 Å². The fraction of sp³-hybridized carbons (Fsp3) is 0.562. The zero-order valence-electron chi connectivity index (χ0n) is 13.1. The molecule has 1 N–H and O–H groups in total. The van der Waals surface area contributed by atoms with E-state index >= 15 is 0 Å². The van der Waals surface area contributed by atoms with Crippen LogP contribution in [0.15, 0.2) is 18.2 Å². The van der Waals surface area contributed by atoms with Gasteiger partial charge in [0.05, 0.1) is 0 Å². The number of carbonyl (C=O) groups excluding carboxylic acids is 1. The van der Waals surface area contributed by atoms with Gasteiger partial charge in [-0.2, -0.15) is 0 Å². The fourth-order valence-electron chi connectivity index (χ4n) is 2.19. The van der Waals surface area contributed by atoms with Gasteiger partial charge in [0.2, 0.25) is 0 Å². The van der Waals surface area contributed by atoms with Crippen molar-refractivity contribution in [2.24, 2.45) is 5.92 Å². The highest BCUT2D eigenvalue weighted by Gasteiger charge is 2.33. The minimum absolute atomic E-state index is 0.221. The Balaban J connectivity index is 1.73. The molecule has 1 fully saturated rings. The van der Waals surface area contributed by atoms with Crippen LogP contribution in [0.2, 0.25) is 5.02 Å². The van der Waals surface area contributed by atoms with Crippen LogP contribution in [0.25, 0.3) is 0 Å². The lowest BCUT2D eigenvalue weighted by atomic mass is 10.0. The van der Waals surface area contributed by atoms with Crippen molar-refractivity contribution in [3.8, 4) is 0 Å². The molecule has 1 aromatic carbocycles. The lowest BCUT2D eigenvalue weighted by Crippen LogP contribution is -2.53. The van der Waals surface area contributed by atoms with Crippen molar-refractivity contribution in [1.29, 1.82) is 0 Å². The van der Waals surface area contributed by atoms with E-state index in [1.807, 2.05) is 45.9 Å². The van der Waals surface area contributed by atoms with E-state index in [1.54, 1.807) is 4.90 Å². The molecule has 0 aromatic heterocycles. The Morgan fingerprint density at radius 1 is 1.43 bits per heavy atom. The average Bonchev–Trinajstić information content (AvgIpc) is 2.29. The molecule has 21 heavy (non-hydrogen) atoms. The number of ether oxygens (including phenoxy) is 1.